The summed E-state index contributed by atoms with van der Waals surface area (Å²) in [5, 5.41) is 3.28. The fourth-order valence-corrected chi connectivity index (χ4v) is 2.79. The van der Waals surface area contributed by atoms with Crippen molar-refractivity contribution in [3.8, 4) is 0 Å². The van der Waals surface area contributed by atoms with Crippen molar-refractivity contribution in [2.75, 3.05) is 26.7 Å². The highest BCUT2D eigenvalue weighted by Gasteiger charge is 2.31. The van der Waals surface area contributed by atoms with Crippen molar-refractivity contribution in [2.24, 2.45) is 5.92 Å². The standard InChI is InChI=1S/C15H20F4N2/c1-21(9-11-2-4-20-5-3-11)10-12-6-13(15(17,18)19)8-14(16)7-12/h6-8,11,20H,2-5,9-10H2,1H3. The molecule has 2 rings (SSSR count). The summed E-state index contributed by atoms with van der Waals surface area (Å²) < 4.78 is 51.4. The number of rotatable bonds is 4. The van der Waals surface area contributed by atoms with Gasteiger partial charge in [-0.2, -0.15) is 13.2 Å². The van der Waals surface area contributed by atoms with Gasteiger partial charge < -0.3 is 10.2 Å². The average molecular weight is 304 g/mol. The highest BCUT2D eigenvalue weighted by Crippen LogP contribution is 2.30. The van der Waals surface area contributed by atoms with Crippen LogP contribution in [-0.2, 0) is 12.7 Å². The molecule has 0 amide bonds. The van der Waals surface area contributed by atoms with Crippen molar-refractivity contribution in [3.63, 3.8) is 0 Å². The van der Waals surface area contributed by atoms with Crippen LogP contribution in [-0.4, -0.2) is 31.6 Å². The van der Waals surface area contributed by atoms with Crippen molar-refractivity contribution < 1.29 is 17.6 Å². The summed E-state index contributed by atoms with van der Waals surface area (Å²) in [5.74, 6) is -0.290. The molecular formula is C15H20F4N2. The number of piperidine rings is 1. The summed E-state index contributed by atoms with van der Waals surface area (Å²) in [6.45, 7) is 3.11. The van der Waals surface area contributed by atoms with Crippen LogP contribution in [0.2, 0.25) is 0 Å². The molecule has 0 atom stereocenters. The number of alkyl halides is 3. The van der Waals surface area contributed by atoms with E-state index in [2.05, 4.69) is 5.32 Å². The van der Waals surface area contributed by atoms with E-state index in [9.17, 15) is 17.6 Å². The van der Waals surface area contributed by atoms with Crippen molar-refractivity contribution in [2.45, 2.75) is 25.6 Å². The molecule has 0 radical (unpaired) electrons. The maximum absolute atomic E-state index is 13.3. The SMILES string of the molecule is CN(Cc1cc(F)cc(C(F)(F)F)c1)CC1CCNCC1. The molecule has 1 aromatic rings. The lowest BCUT2D eigenvalue weighted by atomic mass is 9.97. The van der Waals surface area contributed by atoms with Crippen LogP contribution < -0.4 is 5.32 Å². The van der Waals surface area contributed by atoms with E-state index in [0.29, 0.717) is 24.1 Å². The van der Waals surface area contributed by atoms with Gasteiger partial charge >= 0.3 is 6.18 Å². The Balaban J connectivity index is 1.99. The lowest BCUT2D eigenvalue weighted by Crippen LogP contribution is -2.34. The second-order valence-electron chi connectivity index (χ2n) is 5.74. The van der Waals surface area contributed by atoms with E-state index in [1.807, 2.05) is 11.9 Å². The van der Waals surface area contributed by atoms with E-state index < -0.39 is 17.6 Å². The number of hydrogen-bond acceptors (Lipinski definition) is 2. The molecule has 0 saturated carbocycles. The molecule has 118 valence electrons. The first-order valence-corrected chi connectivity index (χ1v) is 7.10. The monoisotopic (exact) mass is 304 g/mol. The van der Waals surface area contributed by atoms with Gasteiger partial charge in [0.1, 0.15) is 5.82 Å². The minimum atomic E-state index is -4.51. The predicted molar refractivity (Wildman–Crippen MR) is 73.3 cm³/mol. The van der Waals surface area contributed by atoms with E-state index in [1.165, 1.54) is 6.07 Å². The summed E-state index contributed by atoms with van der Waals surface area (Å²) >= 11 is 0. The molecule has 0 aromatic heterocycles. The Kier molecular flexibility index (Phi) is 5.22. The lowest BCUT2D eigenvalue weighted by molar-refractivity contribution is -0.137. The normalized spacial score (nSPS) is 17.4. The highest BCUT2D eigenvalue weighted by atomic mass is 19.4. The second-order valence-corrected chi connectivity index (χ2v) is 5.74. The summed E-state index contributed by atoms with van der Waals surface area (Å²) in [6.07, 6.45) is -2.37. The van der Waals surface area contributed by atoms with E-state index in [1.54, 1.807) is 0 Å². The van der Waals surface area contributed by atoms with Crippen molar-refractivity contribution >= 4 is 0 Å². The van der Waals surface area contributed by atoms with Gasteiger partial charge in [0.05, 0.1) is 5.56 Å². The topological polar surface area (TPSA) is 15.3 Å². The molecule has 1 heterocycles. The molecule has 6 heteroatoms. The van der Waals surface area contributed by atoms with Crippen molar-refractivity contribution in [1.82, 2.24) is 10.2 Å². The molecule has 1 N–H and O–H groups in total. The molecule has 0 unspecified atom stereocenters. The number of halogens is 4. The van der Waals surface area contributed by atoms with Crippen LogP contribution in [0.1, 0.15) is 24.0 Å². The Hall–Kier alpha value is -1.14. The molecule has 0 aliphatic carbocycles. The van der Waals surface area contributed by atoms with Gasteiger partial charge in [0, 0.05) is 13.1 Å². The van der Waals surface area contributed by atoms with Gasteiger partial charge in [-0.05, 0) is 62.7 Å². The second kappa shape index (κ2) is 6.75. The Morgan fingerprint density at radius 3 is 2.48 bits per heavy atom. The summed E-state index contributed by atoms with van der Waals surface area (Å²) in [7, 11) is 1.86. The molecular weight excluding hydrogens is 284 g/mol. The first-order chi connectivity index (χ1) is 9.84. The molecule has 21 heavy (non-hydrogen) atoms. The van der Waals surface area contributed by atoms with Crippen LogP contribution in [0, 0.1) is 11.7 Å². The van der Waals surface area contributed by atoms with Gasteiger partial charge in [-0.1, -0.05) is 0 Å². The van der Waals surface area contributed by atoms with Crippen LogP contribution in [0.25, 0.3) is 0 Å². The Morgan fingerprint density at radius 2 is 1.86 bits per heavy atom. The van der Waals surface area contributed by atoms with Gasteiger partial charge in [0.25, 0.3) is 0 Å². The largest absolute Gasteiger partial charge is 0.416 e. The molecule has 1 aliphatic rings. The minimum Gasteiger partial charge on any atom is -0.317 e. The van der Waals surface area contributed by atoms with Gasteiger partial charge in [-0.25, -0.2) is 4.39 Å². The van der Waals surface area contributed by atoms with Crippen LogP contribution in [0.4, 0.5) is 17.6 Å². The lowest BCUT2D eigenvalue weighted by Gasteiger charge is -2.27. The highest BCUT2D eigenvalue weighted by molar-refractivity contribution is 5.26. The van der Waals surface area contributed by atoms with E-state index >= 15 is 0 Å². The Bertz CT molecular complexity index is 467. The zero-order valence-corrected chi connectivity index (χ0v) is 12.0. The molecule has 1 aromatic carbocycles. The van der Waals surface area contributed by atoms with Crippen LogP contribution in [0.5, 0.6) is 0 Å². The maximum atomic E-state index is 13.3. The maximum Gasteiger partial charge on any atom is 0.416 e. The number of nitrogens with one attached hydrogen (secondary N) is 1. The summed E-state index contributed by atoms with van der Waals surface area (Å²) in [6, 6.07) is 2.74. The van der Waals surface area contributed by atoms with Crippen LogP contribution in [0.3, 0.4) is 0 Å². The Morgan fingerprint density at radius 1 is 1.19 bits per heavy atom. The molecule has 2 nitrogen and oxygen atoms in total. The first-order valence-electron chi connectivity index (χ1n) is 7.10. The molecule has 1 aliphatic heterocycles. The van der Waals surface area contributed by atoms with Gasteiger partial charge in [0.2, 0.25) is 0 Å². The van der Waals surface area contributed by atoms with E-state index in [-0.39, 0.29) is 0 Å². The third kappa shape index (κ3) is 4.97. The van der Waals surface area contributed by atoms with Crippen molar-refractivity contribution in [3.05, 3.63) is 35.1 Å². The zero-order valence-electron chi connectivity index (χ0n) is 12.0. The van der Waals surface area contributed by atoms with E-state index in [4.69, 9.17) is 0 Å². The fourth-order valence-electron chi connectivity index (χ4n) is 2.79. The van der Waals surface area contributed by atoms with Crippen molar-refractivity contribution in [1.29, 1.82) is 0 Å². The molecule has 1 fully saturated rings. The smallest absolute Gasteiger partial charge is 0.317 e. The predicted octanol–water partition coefficient (Wildman–Crippen LogP) is 3.28. The van der Waals surface area contributed by atoms with Crippen LogP contribution >= 0.6 is 0 Å². The summed E-state index contributed by atoms with van der Waals surface area (Å²) in [4.78, 5) is 1.96. The molecule has 1 saturated heterocycles. The zero-order chi connectivity index (χ0) is 15.5. The van der Waals surface area contributed by atoms with E-state index in [0.717, 1.165) is 38.5 Å². The Labute approximate surface area is 122 Å². The molecule has 0 bridgehead atoms. The fraction of sp³-hybridized carbons (Fsp3) is 0.600. The number of nitrogens with zero attached hydrogens (tertiary/aromatic N) is 1. The number of hydrogen-bond donors (Lipinski definition) is 1. The first kappa shape index (κ1) is 16.2. The number of benzene rings is 1. The molecule has 0 spiro atoms. The quantitative estimate of drug-likeness (QED) is 0.859. The van der Waals surface area contributed by atoms with Gasteiger partial charge in [-0.15, -0.1) is 0 Å². The third-order valence-electron chi connectivity index (χ3n) is 3.77. The minimum absolute atomic E-state index is 0.324. The third-order valence-corrected chi connectivity index (χ3v) is 3.77. The average Bonchev–Trinajstić information content (AvgIpc) is 2.37. The van der Waals surface area contributed by atoms with Gasteiger partial charge in [-0.3, -0.25) is 0 Å². The van der Waals surface area contributed by atoms with Gasteiger partial charge in [0.15, 0.2) is 0 Å². The summed E-state index contributed by atoms with van der Waals surface area (Å²) in [5.41, 5.74) is -0.563. The van der Waals surface area contributed by atoms with Crippen LogP contribution in [0.15, 0.2) is 18.2 Å².